The molecule has 2 rings (SSSR count). The second-order valence-electron chi connectivity index (χ2n) is 3.34. The van der Waals surface area contributed by atoms with Gasteiger partial charge >= 0.3 is 0 Å². The molecule has 0 radical (unpaired) electrons. The van der Waals surface area contributed by atoms with Crippen molar-refractivity contribution >= 4 is 55.0 Å². The average molecular weight is 393 g/mol. The van der Waals surface area contributed by atoms with Gasteiger partial charge in [0.05, 0.1) is 11.6 Å². The number of aromatic nitrogens is 2. The van der Waals surface area contributed by atoms with E-state index in [2.05, 4.69) is 47.1 Å². The number of hydrogen-bond donors (Lipinski definition) is 1. The highest BCUT2D eigenvalue weighted by Crippen LogP contribution is 2.29. The molecule has 7 heteroatoms. The molecule has 1 heterocycles. The summed E-state index contributed by atoms with van der Waals surface area (Å²) in [5, 5.41) is 3.32. The van der Waals surface area contributed by atoms with Crippen LogP contribution >= 0.6 is 43.5 Å². The van der Waals surface area contributed by atoms with Gasteiger partial charge in [0.1, 0.15) is 11.6 Å². The van der Waals surface area contributed by atoms with Gasteiger partial charge in [-0.25, -0.2) is 4.98 Å². The van der Waals surface area contributed by atoms with E-state index < -0.39 is 0 Å². The van der Waals surface area contributed by atoms with Crippen LogP contribution in [0.5, 0.6) is 5.75 Å². The number of anilines is 2. The van der Waals surface area contributed by atoms with Gasteiger partial charge in [-0.2, -0.15) is 4.98 Å². The zero-order valence-electron chi connectivity index (χ0n) is 9.25. The largest absolute Gasteiger partial charge is 0.497 e. The van der Waals surface area contributed by atoms with Crippen molar-refractivity contribution in [3.05, 3.63) is 38.6 Å². The summed E-state index contributed by atoms with van der Waals surface area (Å²) in [4.78, 5) is 7.96. The molecule has 0 fully saturated rings. The predicted octanol–water partition coefficient (Wildman–Crippen LogP) is 4.41. The molecule has 1 N–H and O–H groups in total. The SMILES string of the molecule is COc1cc(Br)cc(Nc2nc(Cl)ncc2Br)c1. The zero-order chi connectivity index (χ0) is 13.1. The van der Waals surface area contributed by atoms with Gasteiger partial charge in [0.2, 0.25) is 5.28 Å². The second-order valence-corrected chi connectivity index (χ2v) is 5.45. The van der Waals surface area contributed by atoms with Gasteiger partial charge in [0.25, 0.3) is 0 Å². The van der Waals surface area contributed by atoms with Crippen LogP contribution in [0.1, 0.15) is 0 Å². The minimum atomic E-state index is 0.183. The van der Waals surface area contributed by atoms with Crippen LogP contribution < -0.4 is 10.1 Å². The van der Waals surface area contributed by atoms with Crippen LogP contribution in [0.2, 0.25) is 5.28 Å². The molecule has 0 amide bonds. The molecule has 0 aliphatic heterocycles. The summed E-state index contributed by atoms with van der Waals surface area (Å²) in [6, 6.07) is 5.63. The van der Waals surface area contributed by atoms with Crippen molar-refractivity contribution in [3.8, 4) is 5.75 Å². The second kappa shape index (κ2) is 5.86. The summed E-state index contributed by atoms with van der Waals surface area (Å²) >= 11 is 12.5. The van der Waals surface area contributed by atoms with Crippen LogP contribution in [0.25, 0.3) is 0 Å². The van der Waals surface area contributed by atoms with Crippen molar-refractivity contribution in [2.75, 3.05) is 12.4 Å². The van der Waals surface area contributed by atoms with Crippen molar-refractivity contribution in [1.82, 2.24) is 9.97 Å². The van der Waals surface area contributed by atoms with E-state index in [0.29, 0.717) is 5.82 Å². The topological polar surface area (TPSA) is 47.0 Å². The molecule has 0 saturated carbocycles. The number of ether oxygens (including phenoxy) is 1. The fourth-order valence-electron chi connectivity index (χ4n) is 1.32. The molecule has 94 valence electrons. The lowest BCUT2D eigenvalue weighted by Gasteiger charge is -2.09. The predicted molar refractivity (Wildman–Crippen MR) is 78.7 cm³/mol. The summed E-state index contributed by atoms with van der Waals surface area (Å²) in [5.74, 6) is 1.33. The van der Waals surface area contributed by atoms with Crippen molar-refractivity contribution in [3.63, 3.8) is 0 Å². The molecule has 1 aromatic carbocycles. The molecule has 4 nitrogen and oxygen atoms in total. The van der Waals surface area contributed by atoms with Gasteiger partial charge in [-0.1, -0.05) is 15.9 Å². The van der Waals surface area contributed by atoms with Crippen LogP contribution in [0.4, 0.5) is 11.5 Å². The Balaban J connectivity index is 2.33. The first kappa shape index (κ1) is 13.6. The Kier molecular flexibility index (Phi) is 4.42. The highest BCUT2D eigenvalue weighted by molar-refractivity contribution is 9.10. The maximum atomic E-state index is 5.76. The summed E-state index contributed by atoms with van der Waals surface area (Å²) in [5.41, 5.74) is 0.830. The normalized spacial score (nSPS) is 10.2. The minimum absolute atomic E-state index is 0.183. The van der Waals surface area contributed by atoms with E-state index in [1.807, 2.05) is 18.2 Å². The summed E-state index contributed by atoms with van der Waals surface area (Å²) in [6.07, 6.45) is 1.59. The molecule has 0 unspecified atom stereocenters. The van der Waals surface area contributed by atoms with Gasteiger partial charge < -0.3 is 10.1 Å². The first-order valence-electron chi connectivity index (χ1n) is 4.88. The third-order valence-corrected chi connectivity index (χ3v) is 3.30. The van der Waals surface area contributed by atoms with E-state index in [1.165, 1.54) is 0 Å². The Morgan fingerprint density at radius 3 is 2.78 bits per heavy atom. The molecular formula is C11H8Br2ClN3O. The van der Waals surface area contributed by atoms with E-state index in [0.717, 1.165) is 20.4 Å². The average Bonchev–Trinajstić information content (AvgIpc) is 2.33. The Bertz CT molecular complexity index is 580. The van der Waals surface area contributed by atoms with E-state index in [9.17, 15) is 0 Å². The Hall–Kier alpha value is -0.850. The van der Waals surface area contributed by atoms with Crippen molar-refractivity contribution in [1.29, 1.82) is 0 Å². The molecule has 0 spiro atoms. The summed E-state index contributed by atoms with van der Waals surface area (Å²) < 4.78 is 6.82. The first-order chi connectivity index (χ1) is 8.58. The van der Waals surface area contributed by atoms with Crippen LogP contribution in [-0.4, -0.2) is 17.1 Å². The first-order valence-corrected chi connectivity index (χ1v) is 6.84. The highest BCUT2D eigenvalue weighted by Gasteiger charge is 2.06. The highest BCUT2D eigenvalue weighted by atomic mass is 79.9. The standard InChI is InChI=1S/C11H8Br2ClN3O/c1-18-8-3-6(12)2-7(4-8)16-10-9(13)5-15-11(14)17-10/h2-5H,1H3,(H,15,16,17). The number of hydrogen-bond acceptors (Lipinski definition) is 4. The van der Waals surface area contributed by atoms with Crippen LogP contribution in [-0.2, 0) is 0 Å². The number of benzene rings is 1. The van der Waals surface area contributed by atoms with Crippen LogP contribution in [0, 0.1) is 0 Å². The fourth-order valence-corrected chi connectivity index (χ4v) is 2.22. The molecule has 0 aliphatic carbocycles. The monoisotopic (exact) mass is 391 g/mol. The molecule has 18 heavy (non-hydrogen) atoms. The van der Waals surface area contributed by atoms with Crippen molar-refractivity contribution in [2.45, 2.75) is 0 Å². The van der Waals surface area contributed by atoms with Crippen LogP contribution in [0.3, 0.4) is 0 Å². The molecule has 2 aromatic rings. The smallest absolute Gasteiger partial charge is 0.224 e. The molecule has 1 aromatic heterocycles. The van der Waals surface area contributed by atoms with Gasteiger partial charge in [-0.3, -0.25) is 0 Å². The number of halogens is 3. The Morgan fingerprint density at radius 1 is 1.28 bits per heavy atom. The Morgan fingerprint density at radius 2 is 2.06 bits per heavy atom. The van der Waals surface area contributed by atoms with E-state index in [1.54, 1.807) is 13.3 Å². The van der Waals surface area contributed by atoms with E-state index in [4.69, 9.17) is 16.3 Å². The maximum Gasteiger partial charge on any atom is 0.224 e. The molecule has 0 bridgehead atoms. The third kappa shape index (κ3) is 3.34. The lowest BCUT2D eigenvalue weighted by molar-refractivity contribution is 0.415. The Labute approximate surface area is 126 Å². The number of rotatable bonds is 3. The molecule has 0 saturated heterocycles. The van der Waals surface area contributed by atoms with Crippen molar-refractivity contribution < 1.29 is 4.74 Å². The number of methoxy groups -OCH3 is 1. The maximum absolute atomic E-state index is 5.76. The van der Waals surface area contributed by atoms with Gasteiger partial charge in [-0.15, -0.1) is 0 Å². The number of nitrogens with zero attached hydrogens (tertiary/aromatic N) is 2. The summed E-state index contributed by atoms with van der Waals surface area (Å²) in [7, 11) is 1.61. The van der Waals surface area contributed by atoms with Gasteiger partial charge in [0, 0.05) is 22.4 Å². The lowest BCUT2D eigenvalue weighted by atomic mass is 10.3. The fraction of sp³-hybridized carbons (Fsp3) is 0.0909. The minimum Gasteiger partial charge on any atom is -0.497 e. The zero-order valence-corrected chi connectivity index (χ0v) is 13.2. The van der Waals surface area contributed by atoms with E-state index >= 15 is 0 Å². The molecule has 0 atom stereocenters. The number of nitrogens with one attached hydrogen (secondary N) is 1. The van der Waals surface area contributed by atoms with Crippen molar-refractivity contribution in [2.24, 2.45) is 0 Å². The molecule has 0 aliphatic rings. The summed E-state index contributed by atoms with van der Waals surface area (Å²) in [6.45, 7) is 0. The lowest BCUT2D eigenvalue weighted by Crippen LogP contribution is -1.97. The van der Waals surface area contributed by atoms with Crippen LogP contribution in [0.15, 0.2) is 33.3 Å². The van der Waals surface area contributed by atoms with Gasteiger partial charge in [0.15, 0.2) is 0 Å². The quantitative estimate of drug-likeness (QED) is 0.785. The van der Waals surface area contributed by atoms with E-state index in [-0.39, 0.29) is 5.28 Å². The molecular weight excluding hydrogens is 385 g/mol. The van der Waals surface area contributed by atoms with Gasteiger partial charge in [-0.05, 0) is 39.7 Å². The third-order valence-electron chi connectivity index (χ3n) is 2.08.